The number of morpholine rings is 1. The van der Waals surface area contributed by atoms with Crippen molar-refractivity contribution >= 4 is 27.5 Å². The summed E-state index contributed by atoms with van der Waals surface area (Å²) < 4.78 is 32.7. The summed E-state index contributed by atoms with van der Waals surface area (Å²) in [5, 5.41) is 0.227. The third-order valence-corrected chi connectivity index (χ3v) is 7.32. The zero-order valence-corrected chi connectivity index (χ0v) is 17.2. The summed E-state index contributed by atoms with van der Waals surface area (Å²) in [6, 6.07) is 6.47. The second-order valence-electron chi connectivity index (χ2n) is 7.17. The Labute approximate surface area is 165 Å². The first-order chi connectivity index (χ1) is 12.8. The lowest BCUT2D eigenvalue weighted by Crippen LogP contribution is -2.54. The second kappa shape index (κ2) is 8.45. The average molecular weight is 416 g/mol. The van der Waals surface area contributed by atoms with E-state index in [1.165, 1.54) is 10.4 Å². The lowest BCUT2D eigenvalue weighted by Gasteiger charge is -2.38. The van der Waals surface area contributed by atoms with Crippen molar-refractivity contribution < 1.29 is 17.9 Å². The topological polar surface area (TPSA) is 70.2 Å². The van der Waals surface area contributed by atoms with Gasteiger partial charge < -0.3 is 9.64 Å². The minimum atomic E-state index is -3.62. The third kappa shape index (κ3) is 4.81. The fraction of sp³-hybridized carbons (Fsp3) is 0.611. The Balaban J connectivity index is 1.56. The molecule has 0 aromatic heterocycles. The summed E-state index contributed by atoms with van der Waals surface area (Å²) in [5.74, 6) is 0.0689. The molecule has 0 spiro atoms. The zero-order valence-electron chi connectivity index (χ0n) is 15.7. The molecule has 150 valence electrons. The lowest BCUT2D eigenvalue weighted by atomic mass is 10.2. The predicted octanol–water partition coefficient (Wildman–Crippen LogP) is 1.28. The van der Waals surface area contributed by atoms with E-state index in [4.69, 9.17) is 16.3 Å². The number of nitrogens with zero attached hydrogens (tertiary/aromatic N) is 3. The lowest BCUT2D eigenvalue weighted by molar-refractivity contribution is -0.144. The van der Waals surface area contributed by atoms with Crippen LogP contribution in [-0.2, 0) is 19.6 Å². The molecule has 0 radical (unpaired) electrons. The van der Waals surface area contributed by atoms with E-state index in [2.05, 4.69) is 0 Å². The van der Waals surface area contributed by atoms with E-state index in [1.807, 2.05) is 23.6 Å². The summed E-state index contributed by atoms with van der Waals surface area (Å²) in [6.07, 6.45) is 0.0747. The molecule has 2 saturated heterocycles. The van der Waals surface area contributed by atoms with E-state index < -0.39 is 10.0 Å². The number of hydrogen-bond donors (Lipinski definition) is 0. The molecule has 2 heterocycles. The van der Waals surface area contributed by atoms with E-state index >= 15 is 0 Å². The van der Waals surface area contributed by atoms with Gasteiger partial charge in [-0.3, -0.25) is 9.69 Å². The van der Waals surface area contributed by atoms with Crippen molar-refractivity contribution in [1.82, 2.24) is 14.1 Å². The molecule has 7 nitrogen and oxygen atoms in total. The predicted molar refractivity (Wildman–Crippen MR) is 103 cm³/mol. The van der Waals surface area contributed by atoms with Crippen LogP contribution >= 0.6 is 11.6 Å². The summed E-state index contributed by atoms with van der Waals surface area (Å²) >= 11 is 6.06. The number of sulfonamides is 1. The standard InChI is InChI=1S/C18H26ClN3O4S/c1-14-11-21(12-15(2)26-14)18(23)13-20-7-9-22(10-8-20)27(24,25)17-6-4-3-5-16(17)19/h3-6,14-15H,7-13H2,1-2H3/t14-,15-/m1/s1. The molecule has 2 aliphatic heterocycles. The van der Waals surface area contributed by atoms with Crippen molar-refractivity contribution in [3.63, 3.8) is 0 Å². The van der Waals surface area contributed by atoms with Gasteiger partial charge in [-0.2, -0.15) is 4.31 Å². The Morgan fingerprint density at radius 1 is 1.11 bits per heavy atom. The summed E-state index contributed by atoms with van der Waals surface area (Å²) in [4.78, 5) is 16.6. The molecule has 1 amide bonds. The maximum Gasteiger partial charge on any atom is 0.244 e. The quantitative estimate of drug-likeness (QED) is 0.741. The number of rotatable bonds is 4. The van der Waals surface area contributed by atoms with Crippen LogP contribution in [0.3, 0.4) is 0 Å². The van der Waals surface area contributed by atoms with Crippen molar-refractivity contribution in [2.24, 2.45) is 0 Å². The monoisotopic (exact) mass is 415 g/mol. The Morgan fingerprint density at radius 3 is 2.30 bits per heavy atom. The zero-order chi connectivity index (χ0) is 19.6. The molecule has 27 heavy (non-hydrogen) atoms. The average Bonchev–Trinajstić information content (AvgIpc) is 2.61. The van der Waals surface area contributed by atoms with Crippen LogP contribution in [0.4, 0.5) is 0 Å². The Kier molecular flexibility index (Phi) is 6.43. The van der Waals surface area contributed by atoms with E-state index in [0.29, 0.717) is 45.8 Å². The number of carbonyl (C=O) groups is 1. The van der Waals surface area contributed by atoms with Gasteiger partial charge in [0.2, 0.25) is 15.9 Å². The molecule has 0 N–H and O–H groups in total. The summed E-state index contributed by atoms with van der Waals surface area (Å²) in [6.45, 7) is 7.17. The molecule has 0 aliphatic carbocycles. The second-order valence-corrected chi connectivity index (χ2v) is 9.48. The van der Waals surface area contributed by atoms with Crippen LogP contribution in [0.25, 0.3) is 0 Å². The van der Waals surface area contributed by atoms with Crippen LogP contribution in [0.15, 0.2) is 29.2 Å². The van der Waals surface area contributed by atoms with Gasteiger partial charge in [-0.15, -0.1) is 0 Å². The first kappa shape index (κ1) is 20.5. The summed E-state index contributed by atoms with van der Waals surface area (Å²) in [7, 11) is -3.62. The molecule has 2 fully saturated rings. The highest BCUT2D eigenvalue weighted by Gasteiger charge is 2.32. The summed E-state index contributed by atoms with van der Waals surface area (Å²) in [5.41, 5.74) is 0. The number of amides is 1. The van der Waals surface area contributed by atoms with Crippen LogP contribution in [0.1, 0.15) is 13.8 Å². The molecule has 2 aliphatic rings. The van der Waals surface area contributed by atoms with Crippen molar-refractivity contribution in [2.75, 3.05) is 45.8 Å². The van der Waals surface area contributed by atoms with Gasteiger partial charge >= 0.3 is 0 Å². The molecular formula is C18H26ClN3O4S. The highest BCUT2D eigenvalue weighted by Crippen LogP contribution is 2.25. The Bertz CT molecular complexity index is 771. The van der Waals surface area contributed by atoms with E-state index in [9.17, 15) is 13.2 Å². The number of benzene rings is 1. The molecule has 2 atom stereocenters. The minimum Gasteiger partial charge on any atom is -0.372 e. The van der Waals surface area contributed by atoms with Gasteiger partial charge in [0.1, 0.15) is 4.90 Å². The highest BCUT2D eigenvalue weighted by atomic mass is 35.5. The molecule has 1 aromatic rings. The van der Waals surface area contributed by atoms with Crippen molar-refractivity contribution in [2.45, 2.75) is 31.0 Å². The van der Waals surface area contributed by atoms with Crippen LogP contribution in [0.5, 0.6) is 0 Å². The number of halogens is 1. The number of piperazine rings is 1. The number of carbonyl (C=O) groups excluding carboxylic acids is 1. The largest absolute Gasteiger partial charge is 0.372 e. The van der Waals surface area contributed by atoms with Crippen LogP contribution in [-0.4, -0.2) is 86.5 Å². The fourth-order valence-electron chi connectivity index (χ4n) is 3.59. The van der Waals surface area contributed by atoms with Crippen molar-refractivity contribution in [3.8, 4) is 0 Å². The fourth-order valence-corrected chi connectivity index (χ4v) is 5.51. The molecule has 0 bridgehead atoms. The van der Waals surface area contributed by atoms with Crippen LogP contribution in [0, 0.1) is 0 Å². The van der Waals surface area contributed by atoms with Crippen LogP contribution in [0.2, 0.25) is 5.02 Å². The number of hydrogen-bond acceptors (Lipinski definition) is 5. The molecule has 0 unspecified atom stereocenters. The maximum absolute atomic E-state index is 12.8. The third-order valence-electron chi connectivity index (χ3n) is 4.92. The van der Waals surface area contributed by atoms with Crippen LogP contribution < -0.4 is 0 Å². The molecule has 9 heteroatoms. The van der Waals surface area contributed by atoms with Gasteiger partial charge in [-0.1, -0.05) is 23.7 Å². The highest BCUT2D eigenvalue weighted by molar-refractivity contribution is 7.89. The van der Waals surface area contributed by atoms with Gasteiger partial charge in [0.25, 0.3) is 0 Å². The van der Waals surface area contributed by atoms with E-state index in [1.54, 1.807) is 18.2 Å². The molecule has 3 rings (SSSR count). The van der Waals surface area contributed by atoms with Crippen molar-refractivity contribution in [1.29, 1.82) is 0 Å². The Hall–Kier alpha value is -1.19. The smallest absolute Gasteiger partial charge is 0.244 e. The van der Waals surface area contributed by atoms with Crippen molar-refractivity contribution in [3.05, 3.63) is 29.3 Å². The van der Waals surface area contributed by atoms with E-state index in [0.717, 1.165) is 0 Å². The first-order valence-corrected chi connectivity index (χ1v) is 11.0. The Morgan fingerprint density at radius 2 is 1.70 bits per heavy atom. The molecule has 0 saturated carbocycles. The normalized spacial score (nSPS) is 25.5. The minimum absolute atomic E-state index is 0.0373. The van der Waals surface area contributed by atoms with Gasteiger partial charge in [0.15, 0.2) is 0 Å². The van der Waals surface area contributed by atoms with Gasteiger partial charge in [0.05, 0.1) is 23.8 Å². The number of ether oxygens (including phenoxy) is 1. The SMILES string of the molecule is C[C@@H]1CN(C(=O)CN2CCN(S(=O)(=O)c3ccccc3Cl)CC2)C[C@@H](C)O1. The van der Waals surface area contributed by atoms with E-state index in [-0.39, 0.29) is 28.0 Å². The maximum atomic E-state index is 12.8. The van der Waals surface area contributed by atoms with Gasteiger partial charge in [0, 0.05) is 39.3 Å². The van der Waals surface area contributed by atoms with Gasteiger partial charge in [-0.25, -0.2) is 8.42 Å². The molecule has 1 aromatic carbocycles. The first-order valence-electron chi connectivity index (χ1n) is 9.17. The molecular weight excluding hydrogens is 390 g/mol. The van der Waals surface area contributed by atoms with Gasteiger partial charge in [-0.05, 0) is 26.0 Å².